The minimum Gasteiger partial charge on any atom is -0.496 e. The quantitative estimate of drug-likeness (QED) is 0.529. The molecule has 7 nitrogen and oxygen atoms in total. The Morgan fingerprint density at radius 1 is 0.879 bits per heavy atom. The standard InChI is InChI=1S/C26H27N3O4/c1-19-9-8-12-21(15-19)28-24(30)16-27-25(31)18-29(17-20-10-4-3-5-11-20)26(32)22-13-6-7-14-23(22)33-2/h3-15H,16-18H2,1-2H3,(H,27,31)(H,28,30). The normalized spacial score (nSPS) is 10.2. The Kier molecular flexibility index (Phi) is 8.18. The summed E-state index contributed by atoms with van der Waals surface area (Å²) in [4.78, 5) is 39.5. The highest BCUT2D eigenvalue weighted by Crippen LogP contribution is 2.20. The van der Waals surface area contributed by atoms with Crippen LogP contribution in [-0.2, 0) is 16.1 Å². The number of anilines is 1. The van der Waals surface area contributed by atoms with E-state index in [9.17, 15) is 14.4 Å². The van der Waals surface area contributed by atoms with Crippen LogP contribution in [0.25, 0.3) is 0 Å². The second-order valence-electron chi connectivity index (χ2n) is 7.54. The number of aryl methyl sites for hydroxylation is 1. The van der Waals surface area contributed by atoms with Gasteiger partial charge in [-0.25, -0.2) is 0 Å². The van der Waals surface area contributed by atoms with Crippen LogP contribution in [0.5, 0.6) is 5.75 Å². The van der Waals surface area contributed by atoms with E-state index < -0.39 is 5.91 Å². The fourth-order valence-corrected chi connectivity index (χ4v) is 3.33. The Balaban J connectivity index is 1.66. The maximum Gasteiger partial charge on any atom is 0.258 e. The number of carbonyl (C=O) groups excluding carboxylic acids is 3. The summed E-state index contributed by atoms with van der Waals surface area (Å²) < 4.78 is 5.31. The molecule has 2 N–H and O–H groups in total. The van der Waals surface area contributed by atoms with E-state index >= 15 is 0 Å². The van der Waals surface area contributed by atoms with E-state index in [1.54, 1.807) is 30.3 Å². The Morgan fingerprint density at radius 3 is 2.33 bits per heavy atom. The van der Waals surface area contributed by atoms with E-state index in [0.717, 1.165) is 11.1 Å². The number of nitrogens with one attached hydrogen (secondary N) is 2. The lowest BCUT2D eigenvalue weighted by Gasteiger charge is -2.23. The average molecular weight is 446 g/mol. The molecule has 3 rings (SSSR count). The molecule has 0 radical (unpaired) electrons. The van der Waals surface area contributed by atoms with Gasteiger partial charge >= 0.3 is 0 Å². The first-order valence-corrected chi connectivity index (χ1v) is 10.6. The lowest BCUT2D eigenvalue weighted by molar-refractivity contribution is -0.124. The number of hydrogen-bond donors (Lipinski definition) is 2. The van der Waals surface area contributed by atoms with Crippen molar-refractivity contribution in [2.75, 3.05) is 25.5 Å². The zero-order valence-electron chi connectivity index (χ0n) is 18.7. The summed E-state index contributed by atoms with van der Waals surface area (Å²) in [5, 5.41) is 5.34. The SMILES string of the molecule is COc1ccccc1C(=O)N(CC(=O)NCC(=O)Nc1cccc(C)c1)Cc1ccccc1. The number of nitrogens with zero attached hydrogens (tertiary/aromatic N) is 1. The van der Waals surface area contributed by atoms with Gasteiger partial charge in [-0.15, -0.1) is 0 Å². The largest absolute Gasteiger partial charge is 0.496 e. The second-order valence-corrected chi connectivity index (χ2v) is 7.54. The highest BCUT2D eigenvalue weighted by atomic mass is 16.5. The molecule has 0 aliphatic carbocycles. The fourth-order valence-electron chi connectivity index (χ4n) is 3.33. The van der Waals surface area contributed by atoms with Gasteiger partial charge in [0.05, 0.1) is 19.2 Å². The molecule has 7 heteroatoms. The Labute approximate surface area is 193 Å². The number of rotatable bonds is 9. The zero-order chi connectivity index (χ0) is 23.6. The van der Waals surface area contributed by atoms with Crippen molar-refractivity contribution in [1.82, 2.24) is 10.2 Å². The predicted octanol–water partition coefficient (Wildman–Crippen LogP) is 3.40. The molecule has 3 amide bonds. The number of amides is 3. The highest BCUT2D eigenvalue weighted by molar-refractivity contribution is 5.99. The summed E-state index contributed by atoms with van der Waals surface area (Å²) >= 11 is 0. The van der Waals surface area contributed by atoms with Crippen LogP contribution in [0.15, 0.2) is 78.9 Å². The third kappa shape index (κ3) is 6.93. The van der Waals surface area contributed by atoms with E-state index in [2.05, 4.69) is 10.6 Å². The van der Waals surface area contributed by atoms with E-state index in [0.29, 0.717) is 17.0 Å². The van der Waals surface area contributed by atoms with Gasteiger partial charge in [-0.2, -0.15) is 0 Å². The molecule has 0 bridgehead atoms. The van der Waals surface area contributed by atoms with E-state index in [4.69, 9.17) is 4.74 Å². The molecular weight excluding hydrogens is 418 g/mol. The van der Waals surface area contributed by atoms with Crippen LogP contribution in [0, 0.1) is 6.92 Å². The third-order valence-electron chi connectivity index (χ3n) is 4.92. The molecule has 0 aromatic heterocycles. The molecule has 3 aromatic carbocycles. The number of methoxy groups -OCH3 is 1. The maximum absolute atomic E-state index is 13.3. The number of carbonyl (C=O) groups is 3. The van der Waals surface area contributed by atoms with Crippen molar-refractivity contribution in [1.29, 1.82) is 0 Å². The summed E-state index contributed by atoms with van der Waals surface area (Å²) in [6.07, 6.45) is 0. The zero-order valence-corrected chi connectivity index (χ0v) is 18.7. The van der Waals surface area contributed by atoms with E-state index in [1.807, 2.05) is 55.5 Å². The molecule has 0 spiro atoms. The van der Waals surface area contributed by atoms with E-state index in [1.165, 1.54) is 12.0 Å². The summed E-state index contributed by atoms with van der Waals surface area (Å²) in [5.74, 6) is -0.692. The summed E-state index contributed by atoms with van der Waals surface area (Å²) in [6, 6.07) is 23.7. The molecule has 0 aliphatic rings. The molecule has 3 aromatic rings. The van der Waals surface area contributed by atoms with Gasteiger partial charge in [0, 0.05) is 12.2 Å². The first-order valence-electron chi connectivity index (χ1n) is 10.6. The Hall–Kier alpha value is -4.13. The van der Waals surface area contributed by atoms with Gasteiger partial charge in [0.25, 0.3) is 5.91 Å². The van der Waals surface area contributed by atoms with Crippen molar-refractivity contribution in [2.45, 2.75) is 13.5 Å². The van der Waals surface area contributed by atoms with Crippen LogP contribution < -0.4 is 15.4 Å². The van der Waals surface area contributed by atoms with E-state index in [-0.39, 0.29) is 31.4 Å². The lowest BCUT2D eigenvalue weighted by atomic mass is 10.1. The van der Waals surface area contributed by atoms with Crippen LogP contribution in [0.4, 0.5) is 5.69 Å². The molecule has 0 heterocycles. The number of hydrogen-bond acceptors (Lipinski definition) is 4. The van der Waals surface area contributed by atoms with Gasteiger partial charge < -0.3 is 20.3 Å². The van der Waals surface area contributed by atoms with Crippen LogP contribution in [0.3, 0.4) is 0 Å². The third-order valence-corrected chi connectivity index (χ3v) is 4.92. The van der Waals surface area contributed by atoms with Gasteiger partial charge in [0.15, 0.2) is 0 Å². The molecular formula is C26H27N3O4. The Morgan fingerprint density at radius 2 is 1.61 bits per heavy atom. The summed E-state index contributed by atoms with van der Waals surface area (Å²) in [7, 11) is 1.49. The van der Waals surface area contributed by atoms with Crippen molar-refractivity contribution in [3.63, 3.8) is 0 Å². The average Bonchev–Trinajstić information content (AvgIpc) is 2.82. The van der Waals surface area contributed by atoms with Crippen molar-refractivity contribution >= 4 is 23.4 Å². The number of ether oxygens (including phenoxy) is 1. The van der Waals surface area contributed by atoms with Crippen molar-refractivity contribution in [3.8, 4) is 5.75 Å². The monoisotopic (exact) mass is 445 g/mol. The van der Waals surface area contributed by atoms with Gasteiger partial charge in [-0.3, -0.25) is 14.4 Å². The molecule has 33 heavy (non-hydrogen) atoms. The lowest BCUT2D eigenvalue weighted by Crippen LogP contribution is -2.42. The first kappa shape index (κ1) is 23.5. The topological polar surface area (TPSA) is 87.7 Å². The number of para-hydroxylation sites is 1. The van der Waals surface area contributed by atoms with Crippen LogP contribution in [0.2, 0.25) is 0 Å². The molecule has 0 aliphatic heterocycles. The van der Waals surface area contributed by atoms with Crippen LogP contribution in [0.1, 0.15) is 21.5 Å². The molecule has 0 saturated carbocycles. The van der Waals surface area contributed by atoms with Crippen molar-refractivity contribution in [3.05, 3.63) is 95.6 Å². The van der Waals surface area contributed by atoms with Crippen molar-refractivity contribution < 1.29 is 19.1 Å². The minimum absolute atomic E-state index is 0.200. The minimum atomic E-state index is -0.437. The molecule has 0 unspecified atom stereocenters. The van der Waals surface area contributed by atoms with Crippen LogP contribution >= 0.6 is 0 Å². The molecule has 170 valence electrons. The highest BCUT2D eigenvalue weighted by Gasteiger charge is 2.22. The molecule has 0 saturated heterocycles. The molecule has 0 fully saturated rings. The summed E-state index contributed by atoms with van der Waals surface area (Å²) in [5.41, 5.74) is 2.92. The Bertz CT molecular complexity index is 1120. The maximum atomic E-state index is 13.3. The van der Waals surface area contributed by atoms with Gasteiger partial charge in [-0.1, -0.05) is 54.6 Å². The second kappa shape index (κ2) is 11.5. The fraction of sp³-hybridized carbons (Fsp3) is 0.192. The van der Waals surface area contributed by atoms with Gasteiger partial charge in [0.2, 0.25) is 11.8 Å². The van der Waals surface area contributed by atoms with Gasteiger partial charge in [0.1, 0.15) is 12.3 Å². The smallest absolute Gasteiger partial charge is 0.258 e. The predicted molar refractivity (Wildman–Crippen MR) is 127 cm³/mol. The number of benzene rings is 3. The van der Waals surface area contributed by atoms with Crippen LogP contribution in [-0.4, -0.2) is 42.8 Å². The van der Waals surface area contributed by atoms with Gasteiger partial charge in [-0.05, 0) is 42.3 Å². The van der Waals surface area contributed by atoms with Crippen molar-refractivity contribution in [2.24, 2.45) is 0 Å². The summed E-state index contributed by atoms with van der Waals surface area (Å²) in [6.45, 7) is 1.76. The first-order chi connectivity index (χ1) is 16.0. The molecule has 0 atom stereocenters.